The fraction of sp³-hybridized carbons (Fsp3) is 1.00. The number of rotatable bonds is 4. The zero-order valence-electron chi connectivity index (χ0n) is 12.5. The van der Waals surface area contributed by atoms with Crippen molar-refractivity contribution in [1.82, 2.24) is 5.32 Å². The fourth-order valence-electron chi connectivity index (χ4n) is 3.48. The number of hydrogen-bond donors (Lipinski definition) is 1. The number of ether oxygens (including phenoxy) is 1. The smallest absolute Gasteiger partial charge is 0.0774 e. The van der Waals surface area contributed by atoms with Crippen LogP contribution < -0.4 is 5.32 Å². The Morgan fingerprint density at radius 3 is 2.29 bits per heavy atom. The van der Waals surface area contributed by atoms with Crippen LogP contribution in [0.5, 0.6) is 0 Å². The van der Waals surface area contributed by atoms with Gasteiger partial charge in [0.2, 0.25) is 0 Å². The molecule has 4 atom stereocenters. The molecule has 2 nitrogen and oxygen atoms in total. The maximum Gasteiger partial charge on any atom is 0.0774 e. The van der Waals surface area contributed by atoms with E-state index in [1.165, 1.54) is 25.7 Å². The lowest BCUT2D eigenvalue weighted by atomic mass is 9.72. The summed E-state index contributed by atoms with van der Waals surface area (Å²) in [4.78, 5) is 0. The van der Waals surface area contributed by atoms with Gasteiger partial charge in [-0.15, -0.1) is 0 Å². The topological polar surface area (TPSA) is 21.3 Å². The van der Waals surface area contributed by atoms with E-state index in [4.69, 9.17) is 4.74 Å². The molecule has 1 fully saturated rings. The Hall–Kier alpha value is -0.0800. The Morgan fingerprint density at radius 2 is 1.88 bits per heavy atom. The first-order valence-corrected chi connectivity index (χ1v) is 7.10. The fourth-order valence-corrected chi connectivity index (χ4v) is 3.48. The van der Waals surface area contributed by atoms with E-state index in [2.05, 4.69) is 40.1 Å². The minimum absolute atomic E-state index is 0.198. The van der Waals surface area contributed by atoms with Gasteiger partial charge in [-0.2, -0.15) is 0 Å². The summed E-state index contributed by atoms with van der Waals surface area (Å²) in [5.74, 6) is 1.65. The Morgan fingerprint density at radius 1 is 1.24 bits per heavy atom. The zero-order chi connectivity index (χ0) is 13.1. The van der Waals surface area contributed by atoms with Gasteiger partial charge < -0.3 is 10.1 Å². The molecule has 1 rings (SSSR count). The normalized spacial score (nSPS) is 30.0. The monoisotopic (exact) mass is 241 g/mol. The van der Waals surface area contributed by atoms with Gasteiger partial charge >= 0.3 is 0 Å². The van der Waals surface area contributed by atoms with Gasteiger partial charge in [-0.25, -0.2) is 0 Å². The number of hydrogen-bond acceptors (Lipinski definition) is 2. The Balaban J connectivity index is 2.74. The van der Waals surface area contributed by atoms with Crippen molar-refractivity contribution in [2.24, 2.45) is 17.3 Å². The minimum atomic E-state index is 0.198. The lowest BCUT2D eigenvalue weighted by molar-refractivity contribution is -0.0314. The second-order valence-electron chi connectivity index (χ2n) is 6.87. The summed E-state index contributed by atoms with van der Waals surface area (Å²) in [5, 5.41) is 3.52. The van der Waals surface area contributed by atoms with Crippen LogP contribution >= 0.6 is 0 Å². The SMILES string of the molecule is CNC(C1CCCC(C)C1)C(OC)C(C)(C)C. The highest BCUT2D eigenvalue weighted by molar-refractivity contribution is 4.91. The van der Waals surface area contributed by atoms with E-state index in [-0.39, 0.29) is 5.41 Å². The minimum Gasteiger partial charge on any atom is -0.379 e. The molecule has 1 aliphatic rings. The van der Waals surface area contributed by atoms with Crippen LogP contribution in [0.1, 0.15) is 53.4 Å². The predicted molar refractivity (Wildman–Crippen MR) is 74.2 cm³/mol. The highest BCUT2D eigenvalue weighted by Gasteiger charge is 2.37. The lowest BCUT2D eigenvalue weighted by Crippen LogP contribution is -2.51. The second-order valence-corrected chi connectivity index (χ2v) is 6.87. The first-order valence-electron chi connectivity index (χ1n) is 7.10. The highest BCUT2D eigenvalue weighted by atomic mass is 16.5. The molecular weight excluding hydrogens is 210 g/mol. The molecule has 2 heteroatoms. The van der Waals surface area contributed by atoms with Crippen molar-refractivity contribution < 1.29 is 4.74 Å². The average Bonchev–Trinajstić information content (AvgIpc) is 2.23. The molecule has 0 aromatic rings. The van der Waals surface area contributed by atoms with Gasteiger partial charge in [0.05, 0.1) is 6.10 Å². The molecule has 0 bridgehead atoms. The van der Waals surface area contributed by atoms with Crippen molar-refractivity contribution in [3.8, 4) is 0 Å². The van der Waals surface area contributed by atoms with Crippen LogP contribution in [0.3, 0.4) is 0 Å². The van der Waals surface area contributed by atoms with Crippen LogP contribution in [0.4, 0.5) is 0 Å². The molecule has 1 saturated carbocycles. The molecule has 1 aliphatic carbocycles. The van der Waals surface area contributed by atoms with Crippen LogP contribution in [0.15, 0.2) is 0 Å². The molecule has 0 aliphatic heterocycles. The van der Waals surface area contributed by atoms with Crippen molar-refractivity contribution in [3.05, 3.63) is 0 Å². The van der Waals surface area contributed by atoms with Gasteiger partial charge in [0.15, 0.2) is 0 Å². The van der Waals surface area contributed by atoms with E-state index >= 15 is 0 Å². The lowest BCUT2D eigenvalue weighted by Gasteiger charge is -2.42. The Kier molecular flexibility index (Phi) is 5.46. The van der Waals surface area contributed by atoms with Crippen molar-refractivity contribution >= 4 is 0 Å². The number of methoxy groups -OCH3 is 1. The third-order valence-electron chi connectivity index (χ3n) is 4.25. The van der Waals surface area contributed by atoms with Crippen LogP contribution in [0.2, 0.25) is 0 Å². The third-order valence-corrected chi connectivity index (χ3v) is 4.25. The van der Waals surface area contributed by atoms with Crippen molar-refractivity contribution in [2.75, 3.05) is 14.2 Å². The molecule has 4 unspecified atom stereocenters. The van der Waals surface area contributed by atoms with E-state index in [1.54, 1.807) is 0 Å². The standard InChI is InChI=1S/C15H31NO/c1-11-8-7-9-12(10-11)13(16-5)14(17-6)15(2,3)4/h11-14,16H,7-10H2,1-6H3. The summed E-state index contributed by atoms with van der Waals surface area (Å²) >= 11 is 0. The third kappa shape index (κ3) is 3.96. The summed E-state index contributed by atoms with van der Waals surface area (Å²) in [7, 11) is 3.94. The summed E-state index contributed by atoms with van der Waals surface area (Å²) in [6, 6.07) is 0.489. The van der Waals surface area contributed by atoms with Crippen LogP contribution in [-0.2, 0) is 4.74 Å². The molecule has 17 heavy (non-hydrogen) atoms. The molecule has 0 amide bonds. The van der Waals surface area contributed by atoms with E-state index in [9.17, 15) is 0 Å². The highest BCUT2D eigenvalue weighted by Crippen LogP contribution is 2.36. The van der Waals surface area contributed by atoms with Gasteiger partial charge in [0.25, 0.3) is 0 Å². The van der Waals surface area contributed by atoms with Crippen LogP contribution in [-0.4, -0.2) is 26.3 Å². The maximum atomic E-state index is 5.79. The Bertz CT molecular complexity index is 221. The Labute approximate surface area is 108 Å². The molecule has 0 saturated heterocycles. The van der Waals surface area contributed by atoms with Crippen molar-refractivity contribution in [2.45, 2.75) is 65.5 Å². The quantitative estimate of drug-likeness (QED) is 0.814. The summed E-state index contributed by atoms with van der Waals surface area (Å²) in [6.07, 6.45) is 5.78. The molecule has 0 radical (unpaired) electrons. The predicted octanol–water partition coefficient (Wildman–Crippen LogP) is 3.46. The van der Waals surface area contributed by atoms with Gasteiger partial charge in [-0.05, 0) is 37.1 Å². The number of nitrogens with one attached hydrogen (secondary N) is 1. The summed E-state index contributed by atoms with van der Waals surface area (Å²) in [6.45, 7) is 9.21. The first kappa shape index (κ1) is 15.0. The largest absolute Gasteiger partial charge is 0.379 e. The van der Waals surface area contributed by atoms with E-state index in [1.807, 2.05) is 7.11 Å². The molecule has 102 valence electrons. The molecule has 0 aromatic carbocycles. The van der Waals surface area contributed by atoms with Crippen molar-refractivity contribution in [3.63, 3.8) is 0 Å². The van der Waals surface area contributed by atoms with Crippen LogP contribution in [0.25, 0.3) is 0 Å². The zero-order valence-corrected chi connectivity index (χ0v) is 12.5. The molecule has 0 heterocycles. The molecule has 1 N–H and O–H groups in total. The second kappa shape index (κ2) is 6.19. The molecule has 0 aromatic heterocycles. The van der Waals surface area contributed by atoms with E-state index in [0.717, 1.165) is 11.8 Å². The van der Waals surface area contributed by atoms with Gasteiger partial charge in [0, 0.05) is 13.2 Å². The van der Waals surface area contributed by atoms with Gasteiger partial charge in [0.1, 0.15) is 0 Å². The van der Waals surface area contributed by atoms with Crippen molar-refractivity contribution in [1.29, 1.82) is 0 Å². The molecular formula is C15H31NO. The summed E-state index contributed by atoms with van der Waals surface area (Å²) in [5.41, 5.74) is 0.198. The summed E-state index contributed by atoms with van der Waals surface area (Å²) < 4.78 is 5.79. The van der Waals surface area contributed by atoms with E-state index < -0.39 is 0 Å². The van der Waals surface area contributed by atoms with E-state index in [0.29, 0.717) is 12.1 Å². The van der Waals surface area contributed by atoms with Gasteiger partial charge in [-0.1, -0.05) is 40.5 Å². The first-order chi connectivity index (χ1) is 7.90. The molecule has 0 spiro atoms. The van der Waals surface area contributed by atoms with Gasteiger partial charge in [-0.3, -0.25) is 0 Å². The number of likely N-dealkylation sites (N-methyl/N-ethyl adjacent to an activating group) is 1. The average molecular weight is 241 g/mol. The van der Waals surface area contributed by atoms with Crippen LogP contribution in [0, 0.1) is 17.3 Å². The maximum absolute atomic E-state index is 5.79.